The van der Waals surface area contributed by atoms with Gasteiger partial charge in [0.15, 0.2) is 0 Å². The number of allylic oxidation sites excluding steroid dienone is 3. The van der Waals surface area contributed by atoms with Gasteiger partial charge in [-0.25, -0.2) is 4.79 Å². The van der Waals surface area contributed by atoms with E-state index in [4.69, 9.17) is 4.74 Å². The van der Waals surface area contributed by atoms with Crippen LogP contribution < -0.4 is 0 Å². The van der Waals surface area contributed by atoms with Gasteiger partial charge < -0.3 is 4.74 Å². The SMILES string of the molecule is CC=C(C)C(=O)OC1C=CC(C)=C(C=O)C1(C)C. The highest BCUT2D eigenvalue weighted by Gasteiger charge is 2.37. The molecule has 3 heteroatoms. The van der Waals surface area contributed by atoms with E-state index >= 15 is 0 Å². The van der Waals surface area contributed by atoms with Crippen LogP contribution in [-0.4, -0.2) is 18.4 Å². The Morgan fingerprint density at radius 2 is 2.06 bits per heavy atom. The van der Waals surface area contributed by atoms with Gasteiger partial charge >= 0.3 is 5.97 Å². The summed E-state index contributed by atoms with van der Waals surface area (Å²) in [4.78, 5) is 22.9. The van der Waals surface area contributed by atoms with Crippen LogP contribution in [0.1, 0.15) is 34.6 Å². The van der Waals surface area contributed by atoms with Crippen molar-refractivity contribution in [2.24, 2.45) is 5.41 Å². The predicted molar refractivity (Wildman–Crippen MR) is 71.0 cm³/mol. The van der Waals surface area contributed by atoms with Gasteiger partial charge in [-0.05, 0) is 32.4 Å². The van der Waals surface area contributed by atoms with Gasteiger partial charge in [-0.2, -0.15) is 0 Å². The third-order valence-corrected chi connectivity index (χ3v) is 3.46. The van der Waals surface area contributed by atoms with Crippen LogP contribution in [0.15, 0.2) is 34.9 Å². The van der Waals surface area contributed by atoms with Gasteiger partial charge in [0, 0.05) is 16.6 Å². The van der Waals surface area contributed by atoms with Crippen LogP contribution in [0.5, 0.6) is 0 Å². The monoisotopic (exact) mass is 248 g/mol. The van der Waals surface area contributed by atoms with Crippen molar-refractivity contribution in [1.82, 2.24) is 0 Å². The summed E-state index contributed by atoms with van der Waals surface area (Å²) in [6, 6.07) is 0. The van der Waals surface area contributed by atoms with E-state index in [0.717, 1.165) is 11.9 Å². The molecule has 0 aromatic carbocycles. The highest BCUT2D eigenvalue weighted by Crippen LogP contribution is 2.37. The van der Waals surface area contributed by atoms with E-state index in [9.17, 15) is 9.59 Å². The molecular formula is C15H20O3. The zero-order valence-electron chi connectivity index (χ0n) is 11.6. The molecule has 0 radical (unpaired) electrons. The van der Waals surface area contributed by atoms with Crippen molar-refractivity contribution >= 4 is 12.3 Å². The van der Waals surface area contributed by atoms with Gasteiger partial charge in [0.05, 0.1) is 0 Å². The van der Waals surface area contributed by atoms with Gasteiger partial charge in [0.2, 0.25) is 0 Å². The Hall–Kier alpha value is -1.64. The Kier molecular flexibility index (Phi) is 4.28. The van der Waals surface area contributed by atoms with Crippen LogP contribution in [-0.2, 0) is 14.3 Å². The molecule has 0 saturated heterocycles. The van der Waals surface area contributed by atoms with E-state index in [1.165, 1.54) is 0 Å². The van der Waals surface area contributed by atoms with Crippen molar-refractivity contribution < 1.29 is 14.3 Å². The molecule has 0 N–H and O–H groups in total. The summed E-state index contributed by atoms with van der Waals surface area (Å²) in [5.41, 5.74) is 1.67. The first-order valence-electron chi connectivity index (χ1n) is 6.03. The molecule has 0 bridgehead atoms. The maximum absolute atomic E-state index is 11.8. The largest absolute Gasteiger partial charge is 0.454 e. The standard InChI is InChI=1S/C15H20O3/c1-6-10(2)14(17)18-13-8-7-11(3)12(9-16)15(13,4)5/h6-9,13H,1-5H3. The lowest BCUT2D eigenvalue weighted by molar-refractivity contribution is -0.146. The molecule has 0 aliphatic heterocycles. The van der Waals surface area contributed by atoms with Crippen LogP contribution in [0.4, 0.5) is 0 Å². The second kappa shape index (κ2) is 5.34. The first-order chi connectivity index (χ1) is 8.34. The summed E-state index contributed by atoms with van der Waals surface area (Å²) in [6.07, 6.45) is 5.82. The minimum atomic E-state index is -0.496. The Morgan fingerprint density at radius 3 is 2.56 bits per heavy atom. The summed E-state index contributed by atoms with van der Waals surface area (Å²) in [6.45, 7) is 9.21. The first kappa shape index (κ1) is 14.4. The summed E-state index contributed by atoms with van der Waals surface area (Å²) in [5.74, 6) is -0.343. The molecule has 0 fully saturated rings. The van der Waals surface area contributed by atoms with E-state index < -0.39 is 11.5 Å². The topological polar surface area (TPSA) is 43.4 Å². The molecule has 1 rings (SSSR count). The van der Waals surface area contributed by atoms with Crippen molar-refractivity contribution in [1.29, 1.82) is 0 Å². The van der Waals surface area contributed by atoms with Gasteiger partial charge in [-0.1, -0.05) is 26.0 Å². The molecule has 0 aromatic rings. The van der Waals surface area contributed by atoms with E-state index in [1.807, 2.05) is 32.9 Å². The molecule has 18 heavy (non-hydrogen) atoms. The summed E-state index contributed by atoms with van der Waals surface area (Å²) < 4.78 is 5.45. The number of esters is 1. The van der Waals surface area contributed by atoms with Crippen molar-refractivity contribution in [2.75, 3.05) is 0 Å². The maximum atomic E-state index is 11.8. The molecule has 1 atom stereocenters. The summed E-state index contributed by atoms with van der Waals surface area (Å²) in [7, 11) is 0. The lowest BCUT2D eigenvalue weighted by Crippen LogP contribution is -2.37. The highest BCUT2D eigenvalue weighted by atomic mass is 16.5. The number of hydrogen-bond acceptors (Lipinski definition) is 3. The van der Waals surface area contributed by atoms with Crippen LogP contribution in [0.25, 0.3) is 0 Å². The minimum absolute atomic E-state index is 0.343. The van der Waals surface area contributed by atoms with E-state index in [1.54, 1.807) is 19.9 Å². The molecule has 0 saturated carbocycles. The molecule has 98 valence electrons. The zero-order valence-corrected chi connectivity index (χ0v) is 11.6. The zero-order chi connectivity index (χ0) is 13.9. The van der Waals surface area contributed by atoms with Crippen LogP contribution in [0.3, 0.4) is 0 Å². The maximum Gasteiger partial charge on any atom is 0.333 e. The molecule has 0 spiro atoms. The average molecular weight is 248 g/mol. The normalized spacial score (nSPS) is 22.9. The van der Waals surface area contributed by atoms with Crippen molar-refractivity contribution in [3.63, 3.8) is 0 Å². The fourth-order valence-corrected chi connectivity index (χ4v) is 1.98. The van der Waals surface area contributed by atoms with Crippen LogP contribution in [0.2, 0.25) is 0 Å². The number of ether oxygens (including phenoxy) is 1. The Labute approximate surface area is 108 Å². The molecule has 0 aromatic heterocycles. The third-order valence-electron chi connectivity index (χ3n) is 3.46. The molecular weight excluding hydrogens is 228 g/mol. The molecule has 3 nitrogen and oxygen atoms in total. The number of rotatable bonds is 3. The molecule has 1 aliphatic rings. The van der Waals surface area contributed by atoms with Crippen LogP contribution in [0, 0.1) is 5.41 Å². The van der Waals surface area contributed by atoms with E-state index in [0.29, 0.717) is 11.1 Å². The van der Waals surface area contributed by atoms with Gasteiger partial charge in [0.25, 0.3) is 0 Å². The Bertz CT molecular complexity index is 450. The minimum Gasteiger partial charge on any atom is -0.454 e. The van der Waals surface area contributed by atoms with Gasteiger partial charge in [-0.3, -0.25) is 4.79 Å². The number of aldehydes is 1. The van der Waals surface area contributed by atoms with Crippen molar-refractivity contribution in [3.8, 4) is 0 Å². The number of carbonyl (C=O) groups excluding carboxylic acids is 2. The molecule has 0 heterocycles. The second-order valence-electron chi connectivity index (χ2n) is 5.09. The molecule has 1 aliphatic carbocycles. The van der Waals surface area contributed by atoms with Gasteiger partial charge in [0.1, 0.15) is 12.4 Å². The Morgan fingerprint density at radius 1 is 1.44 bits per heavy atom. The smallest absolute Gasteiger partial charge is 0.333 e. The van der Waals surface area contributed by atoms with E-state index in [-0.39, 0.29) is 5.97 Å². The van der Waals surface area contributed by atoms with Crippen molar-refractivity contribution in [2.45, 2.75) is 40.7 Å². The lowest BCUT2D eigenvalue weighted by atomic mass is 9.74. The lowest BCUT2D eigenvalue weighted by Gasteiger charge is -2.35. The first-order valence-corrected chi connectivity index (χ1v) is 6.03. The summed E-state index contributed by atoms with van der Waals surface area (Å²) >= 11 is 0. The summed E-state index contributed by atoms with van der Waals surface area (Å²) in [5, 5.41) is 0. The average Bonchev–Trinajstić information content (AvgIpc) is 2.31. The number of carbonyl (C=O) groups is 2. The quantitative estimate of drug-likeness (QED) is 0.438. The third kappa shape index (κ3) is 2.61. The van der Waals surface area contributed by atoms with Gasteiger partial charge in [-0.15, -0.1) is 0 Å². The predicted octanol–water partition coefficient (Wildman–Crippen LogP) is 2.98. The second-order valence-corrected chi connectivity index (χ2v) is 5.09. The fraction of sp³-hybridized carbons (Fsp3) is 0.467. The fourth-order valence-electron chi connectivity index (χ4n) is 1.98. The highest BCUT2D eigenvalue weighted by molar-refractivity contribution is 5.88. The molecule has 0 amide bonds. The number of hydrogen-bond donors (Lipinski definition) is 0. The molecule has 1 unspecified atom stereocenters. The Balaban J connectivity index is 2.98. The van der Waals surface area contributed by atoms with Crippen molar-refractivity contribution in [3.05, 3.63) is 34.9 Å². The van der Waals surface area contributed by atoms with Crippen LogP contribution >= 0.6 is 0 Å². The van der Waals surface area contributed by atoms with E-state index in [2.05, 4.69) is 0 Å².